The Morgan fingerprint density at radius 2 is 2.05 bits per heavy atom. The molecule has 1 unspecified atom stereocenters. The second kappa shape index (κ2) is 6.99. The van der Waals surface area contributed by atoms with Crippen molar-refractivity contribution in [2.45, 2.75) is 37.1 Å². The van der Waals surface area contributed by atoms with Gasteiger partial charge in [-0.25, -0.2) is 0 Å². The quantitative estimate of drug-likeness (QED) is 0.894. The molecule has 1 aromatic carbocycles. The van der Waals surface area contributed by atoms with Gasteiger partial charge >= 0.3 is 0 Å². The summed E-state index contributed by atoms with van der Waals surface area (Å²) < 4.78 is 5.36. The van der Waals surface area contributed by atoms with Crippen LogP contribution in [-0.4, -0.2) is 38.3 Å². The summed E-state index contributed by atoms with van der Waals surface area (Å²) in [5, 5.41) is 7.09. The van der Waals surface area contributed by atoms with E-state index in [2.05, 4.69) is 22.8 Å². The number of halogens is 1. The van der Waals surface area contributed by atoms with Crippen LogP contribution in [0.4, 0.5) is 0 Å². The van der Waals surface area contributed by atoms with Crippen LogP contribution in [0.15, 0.2) is 24.3 Å². The van der Waals surface area contributed by atoms with E-state index in [0.29, 0.717) is 19.8 Å². The molecule has 22 heavy (non-hydrogen) atoms. The molecule has 4 nitrogen and oxygen atoms in total. The van der Waals surface area contributed by atoms with E-state index in [1.54, 1.807) is 0 Å². The van der Waals surface area contributed by atoms with Crippen molar-refractivity contribution < 1.29 is 9.53 Å². The van der Waals surface area contributed by atoms with E-state index in [0.717, 1.165) is 24.4 Å². The summed E-state index contributed by atoms with van der Waals surface area (Å²) in [5.41, 5.74) is 1.33. The molecule has 2 N–H and O–H groups in total. The lowest BCUT2D eigenvalue weighted by atomic mass is 9.79. The van der Waals surface area contributed by atoms with Gasteiger partial charge in [0, 0.05) is 23.5 Å². The molecule has 1 aliphatic heterocycles. The SMILES string of the molecule is O=C(NCC1(c2ccc(Cl)cc2)CCCC1)C1COCCN1. The normalized spacial score (nSPS) is 24.1. The Balaban J connectivity index is 1.66. The highest BCUT2D eigenvalue weighted by Crippen LogP contribution is 2.40. The molecule has 1 aliphatic carbocycles. The van der Waals surface area contributed by atoms with Gasteiger partial charge in [-0.1, -0.05) is 36.6 Å². The van der Waals surface area contributed by atoms with Crippen LogP contribution in [-0.2, 0) is 14.9 Å². The van der Waals surface area contributed by atoms with Crippen LogP contribution in [0.1, 0.15) is 31.2 Å². The van der Waals surface area contributed by atoms with Crippen LogP contribution in [0.2, 0.25) is 5.02 Å². The maximum atomic E-state index is 12.3. The van der Waals surface area contributed by atoms with Crippen molar-refractivity contribution in [2.75, 3.05) is 26.3 Å². The summed E-state index contributed by atoms with van der Waals surface area (Å²) >= 11 is 6.00. The average molecular weight is 323 g/mol. The molecule has 0 bridgehead atoms. The largest absolute Gasteiger partial charge is 0.378 e. The number of benzene rings is 1. The number of hydrogen-bond acceptors (Lipinski definition) is 3. The first-order chi connectivity index (χ1) is 10.7. The van der Waals surface area contributed by atoms with Gasteiger partial charge in [0.05, 0.1) is 13.2 Å². The number of carbonyl (C=O) groups excluding carboxylic acids is 1. The van der Waals surface area contributed by atoms with Gasteiger partial charge in [-0.15, -0.1) is 0 Å². The lowest BCUT2D eigenvalue weighted by molar-refractivity contribution is -0.126. The molecule has 1 saturated carbocycles. The molecule has 1 atom stereocenters. The molecule has 5 heteroatoms. The third-order valence-electron chi connectivity index (χ3n) is 4.86. The summed E-state index contributed by atoms with van der Waals surface area (Å²) in [6.07, 6.45) is 4.65. The van der Waals surface area contributed by atoms with Crippen molar-refractivity contribution in [3.8, 4) is 0 Å². The molecule has 0 radical (unpaired) electrons. The lowest BCUT2D eigenvalue weighted by Gasteiger charge is -2.31. The number of morpholine rings is 1. The minimum Gasteiger partial charge on any atom is -0.378 e. The molecule has 0 spiro atoms. The van der Waals surface area contributed by atoms with Crippen LogP contribution in [0, 0.1) is 0 Å². The van der Waals surface area contributed by atoms with E-state index in [9.17, 15) is 4.79 Å². The van der Waals surface area contributed by atoms with Crippen LogP contribution in [0.5, 0.6) is 0 Å². The molecule has 120 valence electrons. The molecular formula is C17H23ClN2O2. The van der Waals surface area contributed by atoms with Crippen molar-refractivity contribution in [2.24, 2.45) is 0 Å². The first kappa shape index (κ1) is 15.8. The van der Waals surface area contributed by atoms with Crippen molar-refractivity contribution >= 4 is 17.5 Å². The monoisotopic (exact) mass is 322 g/mol. The van der Waals surface area contributed by atoms with Gasteiger partial charge in [0.15, 0.2) is 0 Å². The summed E-state index contributed by atoms with van der Waals surface area (Å²) in [6, 6.07) is 7.85. The number of carbonyl (C=O) groups is 1. The molecule has 0 aromatic heterocycles. The van der Waals surface area contributed by atoms with Crippen molar-refractivity contribution in [3.63, 3.8) is 0 Å². The highest BCUT2D eigenvalue weighted by atomic mass is 35.5. The first-order valence-corrected chi connectivity index (χ1v) is 8.42. The van der Waals surface area contributed by atoms with Crippen LogP contribution >= 0.6 is 11.6 Å². The zero-order valence-corrected chi connectivity index (χ0v) is 13.5. The third kappa shape index (κ3) is 3.45. The predicted molar refractivity (Wildman–Crippen MR) is 87.2 cm³/mol. The van der Waals surface area contributed by atoms with Gasteiger partial charge in [-0.05, 0) is 30.5 Å². The highest BCUT2D eigenvalue weighted by Gasteiger charge is 2.36. The van der Waals surface area contributed by atoms with Crippen LogP contribution < -0.4 is 10.6 Å². The van der Waals surface area contributed by atoms with Crippen molar-refractivity contribution in [1.82, 2.24) is 10.6 Å². The summed E-state index contributed by atoms with van der Waals surface area (Å²) in [6.45, 7) is 2.56. The topological polar surface area (TPSA) is 50.4 Å². The Kier molecular flexibility index (Phi) is 5.01. The Bertz CT molecular complexity index is 506. The van der Waals surface area contributed by atoms with Gasteiger partial charge in [-0.3, -0.25) is 4.79 Å². The lowest BCUT2D eigenvalue weighted by Crippen LogP contribution is -2.53. The van der Waals surface area contributed by atoms with E-state index < -0.39 is 0 Å². The number of ether oxygens (including phenoxy) is 1. The van der Waals surface area contributed by atoms with E-state index in [1.165, 1.54) is 18.4 Å². The first-order valence-electron chi connectivity index (χ1n) is 8.05. The smallest absolute Gasteiger partial charge is 0.239 e. The zero-order chi connectivity index (χ0) is 15.4. The number of rotatable bonds is 4. The van der Waals surface area contributed by atoms with Crippen LogP contribution in [0.25, 0.3) is 0 Å². The molecule has 1 saturated heterocycles. The zero-order valence-electron chi connectivity index (χ0n) is 12.7. The Hall–Kier alpha value is -1.10. The van der Waals surface area contributed by atoms with E-state index in [1.807, 2.05) is 12.1 Å². The molecular weight excluding hydrogens is 300 g/mol. The molecule has 1 amide bonds. The summed E-state index contributed by atoms with van der Waals surface area (Å²) in [7, 11) is 0. The molecule has 1 aromatic rings. The third-order valence-corrected chi connectivity index (χ3v) is 5.11. The highest BCUT2D eigenvalue weighted by molar-refractivity contribution is 6.30. The molecule has 3 rings (SSSR count). The maximum Gasteiger partial charge on any atom is 0.239 e. The fourth-order valence-electron chi connectivity index (χ4n) is 3.54. The fraction of sp³-hybridized carbons (Fsp3) is 0.588. The van der Waals surface area contributed by atoms with Crippen molar-refractivity contribution in [1.29, 1.82) is 0 Å². The number of amides is 1. The Labute approximate surface area is 136 Å². The Morgan fingerprint density at radius 1 is 1.32 bits per heavy atom. The van der Waals surface area contributed by atoms with Gasteiger partial charge in [0.1, 0.15) is 6.04 Å². The van der Waals surface area contributed by atoms with Gasteiger partial charge in [0.2, 0.25) is 5.91 Å². The van der Waals surface area contributed by atoms with Gasteiger partial charge in [0.25, 0.3) is 0 Å². The van der Waals surface area contributed by atoms with Gasteiger partial charge in [-0.2, -0.15) is 0 Å². The second-order valence-electron chi connectivity index (χ2n) is 6.29. The van der Waals surface area contributed by atoms with Gasteiger partial charge < -0.3 is 15.4 Å². The number of nitrogens with one attached hydrogen (secondary N) is 2. The Morgan fingerprint density at radius 3 is 2.68 bits per heavy atom. The minimum absolute atomic E-state index is 0.0416. The summed E-state index contributed by atoms with van der Waals surface area (Å²) in [4.78, 5) is 12.3. The molecule has 2 fully saturated rings. The standard InChI is InChI=1S/C17H23ClN2O2/c18-14-5-3-13(4-6-14)17(7-1-2-8-17)12-20-16(21)15-11-22-10-9-19-15/h3-6,15,19H,1-2,7-12H2,(H,20,21). The van der Waals surface area contributed by atoms with Crippen molar-refractivity contribution in [3.05, 3.63) is 34.9 Å². The molecule has 2 aliphatic rings. The second-order valence-corrected chi connectivity index (χ2v) is 6.73. The predicted octanol–water partition coefficient (Wildman–Crippen LogP) is 2.26. The number of hydrogen-bond donors (Lipinski definition) is 2. The van der Waals surface area contributed by atoms with E-state index >= 15 is 0 Å². The maximum absolute atomic E-state index is 12.3. The summed E-state index contributed by atoms with van der Waals surface area (Å²) in [5.74, 6) is 0.0416. The van der Waals surface area contributed by atoms with E-state index in [-0.39, 0.29) is 17.4 Å². The average Bonchev–Trinajstić information content (AvgIpc) is 3.04. The fourth-order valence-corrected chi connectivity index (χ4v) is 3.66. The van der Waals surface area contributed by atoms with Crippen LogP contribution in [0.3, 0.4) is 0 Å². The van der Waals surface area contributed by atoms with E-state index in [4.69, 9.17) is 16.3 Å². The minimum atomic E-state index is -0.225. The molecule has 1 heterocycles.